The van der Waals surface area contributed by atoms with Crippen LogP contribution in [0.4, 0.5) is 4.39 Å². The van der Waals surface area contributed by atoms with E-state index < -0.39 is 5.82 Å². The normalized spacial score (nSPS) is 10.2. The van der Waals surface area contributed by atoms with Crippen LogP contribution in [0.1, 0.15) is 11.3 Å². The van der Waals surface area contributed by atoms with Crippen molar-refractivity contribution >= 4 is 11.6 Å². The Kier molecular flexibility index (Phi) is 3.12. The van der Waals surface area contributed by atoms with E-state index in [4.69, 9.17) is 16.9 Å². The molecule has 0 saturated heterocycles. The van der Waals surface area contributed by atoms with E-state index in [0.29, 0.717) is 11.3 Å². The molecule has 2 aromatic rings. The molecule has 0 spiro atoms. The lowest BCUT2D eigenvalue weighted by atomic mass is 10.2. The van der Waals surface area contributed by atoms with Gasteiger partial charge in [-0.3, -0.25) is 0 Å². The average molecular weight is 250 g/mol. The van der Waals surface area contributed by atoms with Gasteiger partial charge in [0, 0.05) is 5.56 Å². The summed E-state index contributed by atoms with van der Waals surface area (Å²) >= 11 is 6.10. The van der Waals surface area contributed by atoms with Crippen LogP contribution in [0.3, 0.4) is 0 Å². The van der Waals surface area contributed by atoms with Gasteiger partial charge in [-0.1, -0.05) is 23.7 Å². The molecule has 1 heterocycles. The van der Waals surface area contributed by atoms with Crippen molar-refractivity contribution in [3.63, 3.8) is 0 Å². The van der Waals surface area contributed by atoms with Crippen LogP contribution in [0, 0.1) is 24.1 Å². The number of nitriles is 1. The number of para-hydroxylation sites is 1. The van der Waals surface area contributed by atoms with Crippen LogP contribution in [0.2, 0.25) is 5.15 Å². The van der Waals surface area contributed by atoms with E-state index in [1.807, 2.05) is 6.07 Å². The minimum absolute atomic E-state index is 0.166. The van der Waals surface area contributed by atoms with Crippen LogP contribution in [0.5, 0.6) is 0 Å². The molecule has 2 rings (SSSR count). The molecule has 0 saturated carbocycles. The smallest absolute Gasteiger partial charge is 0.148 e. The van der Waals surface area contributed by atoms with E-state index in [2.05, 4.69) is 5.10 Å². The van der Waals surface area contributed by atoms with Crippen LogP contribution in [-0.4, -0.2) is 9.78 Å². The fourth-order valence-corrected chi connectivity index (χ4v) is 1.93. The van der Waals surface area contributed by atoms with Gasteiger partial charge in [0.05, 0.1) is 18.2 Å². The van der Waals surface area contributed by atoms with Crippen LogP contribution < -0.4 is 0 Å². The molecule has 0 amide bonds. The van der Waals surface area contributed by atoms with Crippen molar-refractivity contribution in [2.75, 3.05) is 0 Å². The molecule has 5 heteroatoms. The SMILES string of the molecule is Cc1nn(-c2ccccc2F)c(Cl)c1CC#N. The Balaban J connectivity index is 2.59. The van der Waals surface area contributed by atoms with Crippen LogP contribution in [0.15, 0.2) is 24.3 Å². The van der Waals surface area contributed by atoms with Gasteiger partial charge in [0.15, 0.2) is 0 Å². The Morgan fingerprint density at radius 2 is 2.18 bits per heavy atom. The summed E-state index contributed by atoms with van der Waals surface area (Å²) in [6.45, 7) is 1.75. The highest BCUT2D eigenvalue weighted by Gasteiger charge is 2.16. The predicted octanol–water partition coefficient (Wildman–Crippen LogP) is 3.04. The molecule has 0 aliphatic carbocycles. The number of hydrogen-bond acceptors (Lipinski definition) is 2. The zero-order chi connectivity index (χ0) is 12.4. The summed E-state index contributed by atoms with van der Waals surface area (Å²) in [6, 6.07) is 8.24. The van der Waals surface area contributed by atoms with Gasteiger partial charge in [-0.15, -0.1) is 0 Å². The Hall–Kier alpha value is -1.86. The van der Waals surface area contributed by atoms with Crippen LogP contribution >= 0.6 is 11.6 Å². The summed E-state index contributed by atoms with van der Waals surface area (Å²) < 4.78 is 14.9. The lowest BCUT2D eigenvalue weighted by molar-refractivity contribution is 0.610. The molecule has 1 aromatic carbocycles. The quantitative estimate of drug-likeness (QED) is 0.821. The molecule has 0 aliphatic heterocycles. The topological polar surface area (TPSA) is 41.6 Å². The second-order valence-electron chi connectivity index (χ2n) is 3.55. The zero-order valence-corrected chi connectivity index (χ0v) is 9.87. The molecule has 0 atom stereocenters. The minimum Gasteiger partial charge on any atom is -0.219 e. The number of rotatable bonds is 2. The minimum atomic E-state index is -0.402. The number of aryl methyl sites for hydroxylation is 1. The highest BCUT2D eigenvalue weighted by molar-refractivity contribution is 6.30. The van der Waals surface area contributed by atoms with Crippen molar-refractivity contribution in [2.24, 2.45) is 0 Å². The Labute approximate surface area is 103 Å². The molecule has 0 aliphatic rings. The molecule has 3 nitrogen and oxygen atoms in total. The van der Waals surface area contributed by atoms with Gasteiger partial charge < -0.3 is 0 Å². The Bertz CT molecular complexity index is 598. The number of aromatic nitrogens is 2. The molecule has 0 fully saturated rings. The van der Waals surface area contributed by atoms with E-state index in [-0.39, 0.29) is 17.3 Å². The summed E-state index contributed by atoms with van der Waals surface area (Å²) in [4.78, 5) is 0. The zero-order valence-electron chi connectivity index (χ0n) is 9.11. The third-order valence-electron chi connectivity index (χ3n) is 2.46. The molecular weight excluding hydrogens is 241 g/mol. The Morgan fingerprint density at radius 3 is 2.82 bits per heavy atom. The Morgan fingerprint density at radius 1 is 1.47 bits per heavy atom. The summed E-state index contributed by atoms with van der Waals surface area (Å²) in [5, 5.41) is 13.1. The summed E-state index contributed by atoms with van der Waals surface area (Å²) in [7, 11) is 0. The molecule has 0 bridgehead atoms. The lowest BCUT2D eigenvalue weighted by Crippen LogP contribution is -1.99. The molecule has 0 radical (unpaired) electrons. The third-order valence-corrected chi connectivity index (χ3v) is 2.85. The first kappa shape index (κ1) is 11.6. The third kappa shape index (κ3) is 2.02. The van der Waals surface area contributed by atoms with E-state index in [0.717, 1.165) is 0 Å². The van der Waals surface area contributed by atoms with Gasteiger partial charge in [0.1, 0.15) is 16.7 Å². The van der Waals surface area contributed by atoms with Crippen molar-refractivity contribution in [1.82, 2.24) is 9.78 Å². The predicted molar refractivity (Wildman–Crippen MR) is 62.6 cm³/mol. The number of hydrogen-bond donors (Lipinski definition) is 0. The fourth-order valence-electron chi connectivity index (χ4n) is 1.59. The molecule has 0 unspecified atom stereocenters. The fraction of sp³-hybridized carbons (Fsp3) is 0.167. The van der Waals surface area contributed by atoms with Crippen molar-refractivity contribution in [2.45, 2.75) is 13.3 Å². The van der Waals surface area contributed by atoms with Gasteiger partial charge in [-0.25, -0.2) is 9.07 Å². The standard InChI is InChI=1S/C12H9ClFN3/c1-8-9(6-7-15)12(13)17(16-8)11-5-3-2-4-10(11)14/h2-5H,6H2,1H3. The first-order valence-electron chi connectivity index (χ1n) is 5.01. The highest BCUT2D eigenvalue weighted by Crippen LogP contribution is 2.24. The maximum atomic E-state index is 13.6. The first-order valence-corrected chi connectivity index (χ1v) is 5.38. The lowest BCUT2D eigenvalue weighted by Gasteiger charge is -2.04. The van der Waals surface area contributed by atoms with Crippen molar-refractivity contribution in [3.8, 4) is 11.8 Å². The highest BCUT2D eigenvalue weighted by atomic mass is 35.5. The van der Waals surface area contributed by atoms with Gasteiger partial charge in [-0.2, -0.15) is 10.4 Å². The number of benzene rings is 1. The van der Waals surface area contributed by atoms with E-state index in [1.165, 1.54) is 10.7 Å². The summed E-state index contributed by atoms with van der Waals surface area (Å²) in [5.74, 6) is -0.402. The van der Waals surface area contributed by atoms with Crippen LogP contribution in [0.25, 0.3) is 5.69 Å². The summed E-state index contributed by atoms with van der Waals surface area (Å²) in [6.07, 6.45) is 0.166. The van der Waals surface area contributed by atoms with Gasteiger partial charge in [0.25, 0.3) is 0 Å². The molecule has 0 N–H and O–H groups in total. The van der Waals surface area contributed by atoms with Crippen molar-refractivity contribution < 1.29 is 4.39 Å². The monoisotopic (exact) mass is 249 g/mol. The van der Waals surface area contributed by atoms with E-state index in [1.54, 1.807) is 25.1 Å². The molecule has 17 heavy (non-hydrogen) atoms. The number of halogens is 2. The van der Waals surface area contributed by atoms with E-state index >= 15 is 0 Å². The summed E-state index contributed by atoms with van der Waals surface area (Å²) in [5.41, 5.74) is 1.56. The molecular formula is C12H9ClFN3. The van der Waals surface area contributed by atoms with Crippen molar-refractivity contribution in [1.29, 1.82) is 5.26 Å². The maximum absolute atomic E-state index is 13.6. The average Bonchev–Trinajstić information content (AvgIpc) is 2.58. The van der Waals surface area contributed by atoms with Crippen molar-refractivity contribution in [3.05, 3.63) is 46.5 Å². The molecule has 1 aromatic heterocycles. The second-order valence-corrected chi connectivity index (χ2v) is 3.91. The largest absolute Gasteiger partial charge is 0.219 e. The molecule has 86 valence electrons. The first-order chi connectivity index (χ1) is 8.15. The van der Waals surface area contributed by atoms with Gasteiger partial charge >= 0.3 is 0 Å². The van der Waals surface area contributed by atoms with E-state index in [9.17, 15) is 4.39 Å². The van der Waals surface area contributed by atoms with Gasteiger partial charge in [-0.05, 0) is 19.1 Å². The number of nitrogens with zero attached hydrogens (tertiary/aromatic N) is 3. The second kappa shape index (κ2) is 4.56. The van der Waals surface area contributed by atoms with Gasteiger partial charge in [0.2, 0.25) is 0 Å². The van der Waals surface area contributed by atoms with Crippen LogP contribution in [-0.2, 0) is 6.42 Å². The maximum Gasteiger partial charge on any atom is 0.148 e.